The van der Waals surface area contributed by atoms with Crippen LogP contribution in [0, 0.1) is 12.8 Å². The molecule has 5 heteroatoms. The maximum absolute atomic E-state index is 12.5. The summed E-state index contributed by atoms with van der Waals surface area (Å²) >= 11 is 0. The Morgan fingerprint density at radius 2 is 2.16 bits per heavy atom. The summed E-state index contributed by atoms with van der Waals surface area (Å²) in [6, 6.07) is 6.15. The summed E-state index contributed by atoms with van der Waals surface area (Å²) in [6.45, 7) is 3.93. The van der Waals surface area contributed by atoms with Crippen LogP contribution in [0.4, 0.5) is 0 Å². The minimum Gasteiger partial charge on any atom is -0.481 e. The summed E-state index contributed by atoms with van der Waals surface area (Å²) in [6.07, 6.45) is 6.20. The lowest BCUT2D eigenvalue weighted by Gasteiger charge is -2.39. The van der Waals surface area contributed by atoms with Gasteiger partial charge in [0.05, 0.1) is 11.5 Å². The number of amides is 1. The van der Waals surface area contributed by atoms with E-state index in [1.165, 1.54) is 5.56 Å². The molecule has 2 aromatic rings. The van der Waals surface area contributed by atoms with Crippen LogP contribution in [-0.2, 0) is 16.0 Å². The van der Waals surface area contributed by atoms with E-state index in [1.54, 1.807) is 0 Å². The lowest BCUT2D eigenvalue weighted by Crippen LogP contribution is -2.55. The number of aromatic nitrogens is 1. The SMILES string of the molecule is Cc1cccc2c(CCC(=O)NC3(C)CCCCC3C(=O)O)c[nH]c12. The van der Waals surface area contributed by atoms with Gasteiger partial charge in [-0.05, 0) is 44.2 Å². The van der Waals surface area contributed by atoms with Gasteiger partial charge in [0.25, 0.3) is 0 Å². The Morgan fingerprint density at radius 3 is 2.92 bits per heavy atom. The molecule has 1 aliphatic rings. The van der Waals surface area contributed by atoms with Crippen LogP contribution in [0.1, 0.15) is 50.2 Å². The van der Waals surface area contributed by atoms with Gasteiger partial charge >= 0.3 is 5.97 Å². The summed E-state index contributed by atoms with van der Waals surface area (Å²) in [7, 11) is 0. The van der Waals surface area contributed by atoms with Gasteiger partial charge in [0, 0.05) is 23.5 Å². The van der Waals surface area contributed by atoms with Gasteiger partial charge in [-0.15, -0.1) is 0 Å². The number of carboxylic acids is 1. The zero-order valence-corrected chi connectivity index (χ0v) is 14.9. The van der Waals surface area contributed by atoms with Crippen LogP contribution < -0.4 is 5.32 Å². The summed E-state index contributed by atoms with van der Waals surface area (Å²) < 4.78 is 0. The fourth-order valence-electron chi connectivity index (χ4n) is 4.08. The number of aliphatic carboxylic acids is 1. The first-order valence-corrected chi connectivity index (χ1v) is 9.00. The van der Waals surface area contributed by atoms with Crippen LogP contribution in [-0.4, -0.2) is 27.5 Å². The van der Waals surface area contributed by atoms with E-state index in [9.17, 15) is 14.7 Å². The zero-order valence-electron chi connectivity index (χ0n) is 14.9. The van der Waals surface area contributed by atoms with Crippen LogP contribution in [0.15, 0.2) is 24.4 Å². The van der Waals surface area contributed by atoms with Crippen molar-refractivity contribution in [2.75, 3.05) is 0 Å². The fraction of sp³-hybridized carbons (Fsp3) is 0.500. The first-order chi connectivity index (χ1) is 11.9. The quantitative estimate of drug-likeness (QED) is 0.777. The predicted molar refractivity (Wildman–Crippen MR) is 97.5 cm³/mol. The van der Waals surface area contributed by atoms with E-state index in [0.717, 1.165) is 35.7 Å². The number of benzene rings is 1. The molecule has 25 heavy (non-hydrogen) atoms. The van der Waals surface area contributed by atoms with Crippen molar-refractivity contribution in [3.63, 3.8) is 0 Å². The van der Waals surface area contributed by atoms with Crippen molar-refractivity contribution in [3.05, 3.63) is 35.5 Å². The monoisotopic (exact) mass is 342 g/mol. The van der Waals surface area contributed by atoms with Gasteiger partial charge in [-0.1, -0.05) is 31.0 Å². The second-order valence-electron chi connectivity index (χ2n) is 7.41. The third kappa shape index (κ3) is 3.55. The number of carbonyl (C=O) groups is 2. The number of hydrogen-bond donors (Lipinski definition) is 3. The lowest BCUT2D eigenvalue weighted by atomic mass is 9.74. The highest BCUT2D eigenvalue weighted by Gasteiger charge is 2.41. The number of rotatable bonds is 5. The van der Waals surface area contributed by atoms with Gasteiger partial charge in [0.15, 0.2) is 0 Å². The van der Waals surface area contributed by atoms with Crippen molar-refractivity contribution in [1.82, 2.24) is 10.3 Å². The van der Waals surface area contributed by atoms with Crippen LogP contribution in [0.3, 0.4) is 0 Å². The van der Waals surface area contributed by atoms with Gasteiger partial charge in [-0.3, -0.25) is 9.59 Å². The third-order valence-electron chi connectivity index (χ3n) is 5.56. The topological polar surface area (TPSA) is 82.2 Å². The Kier molecular flexibility index (Phi) is 4.84. The molecule has 2 atom stereocenters. The standard InChI is InChI=1S/C20H26N2O3/c1-13-6-5-7-15-14(12-21-18(13)15)9-10-17(23)22-20(2)11-4-3-8-16(20)19(24)25/h5-7,12,16,21H,3-4,8-11H2,1-2H3,(H,22,23)(H,24,25). The second-order valence-corrected chi connectivity index (χ2v) is 7.41. The Hall–Kier alpha value is -2.30. The highest BCUT2D eigenvalue weighted by atomic mass is 16.4. The Bertz CT molecular complexity index is 795. The van der Waals surface area contributed by atoms with E-state index in [2.05, 4.69) is 29.4 Å². The van der Waals surface area contributed by atoms with E-state index in [1.807, 2.05) is 19.2 Å². The Labute approximate surface area is 147 Å². The number of fused-ring (bicyclic) bond motifs is 1. The van der Waals surface area contributed by atoms with Crippen molar-refractivity contribution >= 4 is 22.8 Å². The minimum atomic E-state index is -0.811. The average Bonchev–Trinajstić information content (AvgIpc) is 2.97. The lowest BCUT2D eigenvalue weighted by molar-refractivity contribution is -0.146. The van der Waals surface area contributed by atoms with Gasteiger partial charge in [-0.25, -0.2) is 0 Å². The maximum Gasteiger partial charge on any atom is 0.308 e. The van der Waals surface area contributed by atoms with Crippen molar-refractivity contribution < 1.29 is 14.7 Å². The third-order valence-corrected chi connectivity index (χ3v) is 5.56. The van der Waals surface area contributed by atoms with Crippen LogP contribution in [0.25, 0.3) is 10.9 Å². The van der Waals surface area contributed by atoms with Crippen molar-refractivity contribution in [2.24, 2.45) is 5.92 Å². The number of para-hydroxylation sites is 1. The van der Waals surface area contributed by atoms with Gasteiger partial charge in [0.2, 0.25) is 5.91 Å². The smallest absolute Gasteiger partial charge is 0.308 e. The molecule has 3 rings (SSSR count). The average molecular weight is 342 g/mol. The molecule has 2 unspecified atom stereocenters. The minimum absolute atomic E-state index is 0.0716. The van der Waals surface area contributed by atoms with E-state index < -0.39 is 17.4 Å². The molecule has 0 spiro atoms. The largest absolute Gasteiger partial charge is 0.481 e. The normalized spacial score (nSPS) is 23.5. The van der Waals surface area contributed by atoms with Crippen molar-refractivity contribution in [2.45, 2.75) is 57.9 Å². The highest BCUT2D eigenvalue weighted by molar-refractivity contribution is 5.86. The molecule has 3 N–H and O–H groups in total. The van der Waals surface area contributed by atoms with Crippen LogP contribution in [0.2, 0.25) is 0 Å². The number of carbonyl (C=O) groups excluding carboxylic acids is 1. The first-order valence-electron chi connectivity index (χ1n) is 9.00. The summed E-state index contributed by atoms with van der Waals surface area (Å²) in [5.41, 5.74) is 2.78. The van der Waals surface area contributed by atoms with Crippen molar-refractivity contribution in [1.29, 1.82) is 0 Å². The Morgan fingerprint density at radius 1 is 1.36 bits per heavy atom. The molecule has 1 aliphatic carbocycles. The molecule has 1 aromatic heterocycles. The molecule has 0 radical (unpaired) electrons. The predicted octanol–water partition coefficient (Wildman–Crippen LogP) is 3.56. The van der Waals surface area contributed by atoms with Gasteiger partial charge < -0.3 is 15.4 Å². The fourth-order valence-corrected chi connectivity index (χ4v) is 4.08. The number of aromatic amines is 1. The number of carboxylic acid groups (broad SMARTS) is 1. The molecular formula is C20H26N2O3. The molecule has 134 valence electrons. The van der Waals surface area contributed by atoms with E-state index >= 15 is 0 Å². The number of aryl methyl sites for hydroxylation is 2. The molecule has 1 fully saturated rings. The van der Waals surface area contributed by atoms with Crippen molar-refractivity contribution in [3.8, 4) is 0 Å². The molecule has 0 bridgehead atoms. The highest BCUT2D eigenvalue weighted by Crippen LogP contribution is 2.34. The van der Waals surface area contributed by atoms with Crippen LogP contribution in [0.5, 0.6) is 0 Å². The second kappa shape index (κ2) is 6.90. The van der Waals surface area contributed by atoms with E-state index in [0.29, 0.717) is 19.3 Å². The summed E-state index contributed by atoms with van der Waals surface area (Å²) in [4.78, 5) is 27.3. The first kappa shape index (κ1) is 17.5. The Balaban J connectivity index is 1.66. The van der Waals surface area contributed by atoms with E-state index in [-0.39, 0.29) is 5.91 Å². The van der Waals surface area contributed by atoms with Gasteiger partial charge in [0.1, 0.15) is 0 Å². The zero-order chi connectivity index (χ0) is 18.0. The molecule has 5 nitrogen and oxygen atoms in total. The van der Waals surface area contributed by atoms with E-state index in [4.69, 9.17) is 0 Å². The van der Waals surface area contributed by atoms with Gasteiger partial charge in [-0.2, -0.15) is 0 Å². The summed E-state index contributed by atoms with van der Waals surface area (Å²) in [5.74, 6) is -1.38. The number of hydrogen-bond acceptors (Lipinski definition) is 2. The molecule has 0 aliphatic heterocycles. The molecule has 1 amide bonds. The molecule has 0 saturated heterocycles. The molecular weight excluding hydrogens is 316 g/mol. The molecule has 1 saturated carbocycles. The summed E-state index contributed by atoms with van der Waals surface area (Å²) in [5, 5.41) is 13.6. The number of H-pyrrole nitrogens is 1. The number of nitrogens with one attached hydrogen (secondary N) is 2. The maximum atomic E-state index is 12.5. The molecule has 1 heterocycles. The molecule has 1 aromatic carbocycles. The van der Waals surface area contributed by atoms with Crippen LogP contribution >= 0.6 is 0 Å².